The second-order valence-electron chi connectivity index (χ2n) is 0.797. The van der Waals surface area contributed by atoms with Gasteiger partial charge < -0.3 is 0 Å². The van der Waals surface area contributed by atoms with Gasteiger partial charge in [-0.3, -0.25) is 5.32 Å². The number of primary amides is 1. The van der Waals surface area contributed by atoms with Crippen LogP contribution in [0.15, 0.2) is 0 Å². The minimum Gasteiger partial charge on any atom is -0.264 e. The monoisotopic (exact) mass is 90.1 g/mol. The first-order chi connectivity index (χ1) is 2.81. The van der Waals surface area contributed by atoms with Gasteiger partial charge in [0.15, 0.2) is 0 Å². The zero-order valence-electron chi connectivity index (χ0n) is 3.56. The lowest BCUT2D eigenvalue weighted by Gasteiger charge is -1.84. The van der Waals surface area contributed by atoms with Gasteiger partial charge in [-0.1, -0.05) is 0 Å². The van der Waals surface area contributed by atoms with Gasteiger partial charge in [0.2, 0.25) is 0 Å². The topological polar surface area (TPSA) is 71.7 Å². The quantitative estimate of drug-likeness (QED) is 0.179. The van der Waals surface area contributed by atoms with Crippen molar-refractivity contribution in [3.63, 3.8) is 0 Å². The summed E-state index contributed by atoms with van der Waals surface area (Å²) >= 11 is 0. The predicted molar refractivity (Wildman–Crippen MR) is 20.6 cm³/mol. The molecular weight excluding hydrogens is 82.0 g/mol. The zero-order chi connectivity index (χ0) is 4.99. The Morgan fingerprint density at radius 1 is 2.00 bits per heavy atom. The molecule has 4 heteroatoms. The van der Waals surface area contributed by atoms with Gasteiger partial charge >= 0.3 is 6.03 Å². The number of hydrogen-bond donors (Lipinski definition) is 3. The van der Waals surface area contributed by atoms with Crippen LogP contribution in [-0.4, -0.2) is 13.1 Å². The number of carbonyl (C=O) groups is 1. The highest BCUT2D eigenvalue weighted by Gasteiger charge is 1.89. The van der Waals surface area contributed by atoms with Gasteiger partial charge in [0.25, 0.3) is 0 Å². The molecule has 0 atom stereocenters. The molecule has 0 aromatic rings. The van der Waals surface area contributed by atoms with E-state index in [0.29, 0.717) is 0 Å². The second kappa shape index (κ2) is 2.62. The van der Waals surface area contributed by atoms with Gasteiger partial charge in [-0.25, -0.2) is 16.1 Å². The summed E-state index contributed by atoms with van der Waals surface area (Å²) in [6, 6.07) is -0.255. The number of urea groups is 1. The molecular formula is C2H8N3O+. The zero-order valence-corrected chi connectivity index (χ0v) is 3.56. The average molecular weight is 90.1 g/mol. The Hall–Kier alpha value is -0.610. The second-order valence-corrected chi connectivity index (χ2v) is 0.797. The fourth-order valence-corrected chi connectivity index (χ4v) is 0.0833. The van der Waals surface area contributed by atoms with Crippen LogP contribution in [0, 0.1) is 0 Å². The molecule has 4 nitrogen and oxygen atoms in total. The van der Waals surface area contributed by atoms with Crippen molar-refractivity contribution in [1.82, 2.24) is 5.43 Å². The Morgan fingerprint density at radius 2 is 2.50 bits per heavy atom. The molecule has 0 radical (unpaired) electrons. The van der Waals surface area contributed by atoms with Crippen LogP contribution in [0.25, 0.3) is 0 Å². The largest absolute Gasteiger partial charge is 0.427 e. The van der Waals surface area contributed by atoms with Gasteiger partial charge in [-0.15, -0.1) is 0 Å². The molecule has 0 unspecified atom stereocenters. The van der Waals surface area contributed by atoms with E-state index < -0.39 is 0 Å². The fraction of sp³-hybridized carbons (Fsp3) is 0.500. The molecule has 0 aromatic carbocycles. The van der Waals surface area contributed by atoms with Crippen LogP contribution in [0.5, 0.6) is 0 Å². The molecule has 6 heavy (non-hydrogen) atoms. The molecule has 0 saturated heterocycles. The summed E-state index contributed by atoms with van der Waals surface area (Å²) in [5.74, 6) is 4.65. The highest BCUT2D eigenvalue weighted by Crippen LogP contribution is 1.32. The van der Waals surface area contributed by atoms with Crippen LogP contribution in [0.2, 0.25) is 0 Å². The molecule has 0 bridgehead atoms. The molecule has 0 saturated carbocycles. The van der Waals surface area contributed by atoms with E-state index in [1.54, 1.807) is 7.05 Å². The molecule has 36 valence electrons. The maximum absolute atomic E-state index is 9.89. The van der Waals surface area contributed by atoms with E-state index in [4.69, 9.17) is 0 Å². The number of rotatable bonds is 0. The van der Waals surface area contributed by atoms with Crippen molar-refractivity contribution in [2.75, 3.05) is 7.05 Å². The molecule has 0 aliphatic rings. The number of nitrogens with two attached hydrogens (primary N) is 2. The van der Waals surface area contributed by atoms with Crippen LogP contribution < -0.4 is 16.6 Å². The number of hydrazine groups is 1. The van der Waals surface area contributed by atoms with E-state index >= 15 is 0 Å². The maximum Gasteiger partial charge on any atom is 0.427 e. The highest BCUT2D eigenvalue weighted by atomic mass is 16.2. The normalized spacial score (nSPS) is 7.67. The van der Waals surface area contributed by atoms with Gasteiger partial charge in [0.1, 0.15) is 0 Å². The number of carbonyl (C=O) groups excluding carboxylic acids is 1. The van der Waals surface area contributed by atoms with E-state index in [1.807, 2.05) is 5.43 Å². The Balaban J connectivity index is 2.99. The van der Waals surface area contributed by atoms with Crippen LogP contribution in [0.4, 0.5) is 4.79 Å². The summed E-state index contributed by atoms with van der Waals surface area (Å²) in [5, 5.41) is 1.35. The van der Waals surface area contributed by atoms with E-state index in [2.05, 4.69) is 5.84 Å². The summed E-state index contributed by atoms with van der Waals surface area (Å²) in [6.45, 7) is 0. The number of nitrogens with one attached hydrogen (secondary N) is 1. The van der Waals surface area contributed by atoms with Crippen molar-refractivity contribution in [3.8, 4) is 0 Å². The molecule has 0 rings (SSSR count). The number of quaternary nitrogens is 1. The summed E-state index contributed by atoms with van der Waals surface area (Å²) in [7, 11) is 1.61. The SMILES string of the molecule is C[NH2+]C(=O)NN. The lowest BCUT2D eigenvalue weighted by Crippen LogP contribution is -2.87. The lowest BCUT2D eigenvalue weighted by atomic mass is 11.0. The van der Waals surface area contributed by atoms with Crippen LogP contribution in [0.1, 0.15) is 0 Å². The highest BCUT2D eigenvalue weighted by molar-refractivity contribution is 5.61. The molecule has 0 heterocycles. The third kappa shape index (κ3) is 1.68. The van der Waals surface area contributed by atoms with Crippen molar-refractivity contribution >= 4 is 6.03 Å². The molecule has 0 spiro atoms. The Bertz CT molecular complexity index is 46.8. The van der Waals surface area contributed by atoms with Crippen molar-refractivity contribution in [3.05, 3.63) is 0 Å². The molecule has 0 aliphatic heterocycles. The van der Waals surface area contributed by atoms with Gasteiger partial charge in [0, 0.05) is 0 Å². The third-order valence-corrected chi connectivity index (χ3v) is 0.404. The molecule has 0 aromatic heterocycles. The Labute approximate surface area is 35.7 Å². The van der Waals surface area contributed by atoms with E-state index in [9.17, 15) is 4.79 Å². The summed E-state index contributed by atoms with van der Waals surface area (Å²) < 4.78 is 0. The first kappa shape index (κ1) is 5.39. The Kier molecular flexibility index (Phi) is 2.35. The minimum atomic E-state index is -0.255. The number of amides is 2. The van der Waals surface area contributed by atoms with Crippen LogP contribution in [0.3, 0.4) is 0 Å². The smallest absolute Gasteiger partial charge is 0.264 e. The van der Waals surface area contributed by atoms with E-state index in [0.717, 1.165) is 0 Å². The summed E-state index contributed by atoms with van der Waals surface area (Å²) in [6.07, 6.45) is 0. The van der Waals surface area contributed by atoms with Crippen molar-refractivity contribution in [2.45, 2.75) is 0 Å². The van der Waals surface area contributed by atoms with Gasteiger partial charge in [-0.05, 0) is 0 Å². The third-order valence-electron chi connectivity index (χ3n) is 0.404. The Morgan fingerprint density at radius 3 is 2.50 bits per heavy atom. The van der Waals surface area contributed by atoms with Gasteiger partial charge in [0.05, 0.1) is 7.05 Å². The van der Waals surface area contributed by atoms with E-state index in [1.165, 1.54) is 5.32 Å². The minimum absolute atomic E-state index is 0.255. The molecule has 0 aliphatic carbocycles. The van der Waals surface area contributed by atoms with Crippen LogP contribution >= 0.6 is 0 Å². The first-order valence-electron chi connectivity index (χ1n) is 1.61. The predicted octanol–water partition coefficient (Wildman–Crippen LogP) is -2.24. The maximum atomic E-state index is 9.89. The standard InChI is InChI=1S/C2H7N3O/c1-4-2(6)5-3/h3H2,1H3,(H2,4,5,6)/p+1. The summed E-state index contributed by atoms with van der Waals surface area (Å²) in [5.41, 5.74) is 1.92. The van der Waals surface area contributed by atoms with Crippen molar-refractivity contribution in [2.24, 2.45) is 5.84 Å². The molecule has 5 N–H and O–H groups in total. The lowest BCUT2D eigenvalue weighted by molar-refractivity contribution is -0.524. The van der Waals surface area contributed by atoms with Crippen molar-refractivity contribution < 1.29 is 10.1 Å². The first-order valence-corrected chi connectivity index (χ1v) is 1.61. The molecule has 2 amide bonds. The molecule has 0 fully saturated rings. The fourth-order valence-electron chi connectivity index (χ4n) is 0.0833. The van der Waals surface area contributed by atoms with E-state index in [-0.39, 0.29) is 6.03 Å². The van der Waals surface area contributed by atoms with Gasteiger partial charge in [-0.2, -0.15) is 0 Å². The van der Waals surface area contributed by atoms with Crippen LogP contribution in [-0.2, 0) is 0 Å². The average Bonchev–Trinajstić information content (AvgIpc) is 1.65. The van der Waals surface area contributed by atoms with Crippen molar-refractivity contribution in [1.29, 1.82) is 0 Å². The number of hydrogen-bond acceptors (Lipinski definition) is 2. The summed E-state index contributed by atoms with van der Waals surface area (Å²) in [4.78, 5) is 9.89.